The topological polar surface area (TPSA) is 76.6 Å². The molecule has 0 saturated carbocycles. The average Bonchev–Trinajstić information content (AvgIpc) is 2.84. The first kappa shape index (κ1) is 23.8. The number of benzene rings is 2. The van der Waals surface area contributed by atoms with Crippen molar-refractivity contribution in [2.75, 3.05) is 40.2 Å². The molecule has 1 heterocycles. The Morgan fingerprint density at radius 2 is 1.79 bits per heavy atom. The van der Waals surface area contributed by atoms with Crippen molar-refractivity contribution in [3.05, 3.63) is 77.5 Å². The molecule has 0 spiro atoms. The van der Waals surface area contributed by atoms with Gasteiger partial charge < -0.3 is 19.7 Å². The lowest BCUT2D eigenvalue weighted by Crippen LogP contribution is -2.10. The predicted octanol–water partition coefficient (Wildman–Crippen LogP) is 4.46. The number of anilines is 1. The van der Waals surface area contributed by atoms with E-state index in [2.05, 4.69) is 15.3 Å². The zero-order chi connectivity index (χ0) is 23.8. The summed E-state index contributed by atoms with van der Waals surface area (Å²) in [7, 11) is 7.01. The SMILES string of the molecule is COc1ccc(CCNc2cc(-c3cccc(C(=O)C=C(C)N(C)C)c3)nc(OC)n2)cc1. The van der Waals surface area contributed by atoms with Crippen LogP contribution >= 0.6 is 0 Å². The van der Waals surface area contributed by atoms with Gasteiger partial charge in [-0.25, -0.2) is 0 Å². The number of rotatable bonds is 10. The number of methoxy groups -OCH3 is 2. The number of hydrogen-bond donors (Lipinski definition) is 1. The van der Waals surface area contributed by atoms with Crippen LogP contribution in [-0.2, 0) is 6.42 Å². The number of nitrogens with one attached hydrogen (secondary N) is 1. The number of hydrogen-bond acceptors (Lipinski definition) is 7. The molecule has 1 aromatic heterocycles. The van der Waals surface area contributed by atoms with E-state index >= 15 is 0 Å². The summed E-state index contributed by atoms with van der Waals surface area (Å²) in [6.45, 7) is 2.60. The highest BCUT2D eigenvalue weighted by atomic mass is 16.5. The van der Waals surface area contributed by atoms with Crippen molar-refractivity contribution in [1.29, 1.82) is 0 Å². The van der Waals surface area contributed by atoms with E-state index in [9.17, 15) is 4.79 Å². The van der Waals surface area contributed by atoms with E-state index in [0.717, 1.165) is 23.4 Å². The molecule has 7 heteroatoms. The number of aromatic nitrogens is 2. The number of carbonyl (C=O) groups is 1. The lowest BCUT2D eigenvalue weighted by molar-refractivity contribution is 0.104. The first-order chi connectivity index (χ1) is 15.9. The summed E-state index contributed by atoms with van der Waals surface area (Å²) in [5.41, 5.74) is 4.17. The van der Waals surface area contributed by atoms with Crippen LogP contribution in [0.1, 0.15) is 22.8 Å². The van der Waals surface area contributed by atoms with Crippen molar-refractivity contribution in [2.24, 2.45) is 0 Å². The van der Waals surface area contributed by atoms with Gasteiger partial charge in [0.2, 0.25) is 0 Å². The molecule has 0 aliphatic rings. The molecule has 0 fully saturated rings. The smallest absolute Gasteiger partial charge is 0.318 e. The van der Waals surface area contributed by atoms with Gasteiger partial charge in [-0.05, 0) is 37.1 Å². The molecule has 0 aliphatic heterocycles. The van der Waals surface area contributed by atoms with E-state index in [1.807, 2.05) is 74.4 Å². The van der Waals surface area contributed by atoms with Crippen molar-refractivity contribution in [2.45, 2.75) is 13.3 Å². The van der Waals surface area contributed by atoms with Crippen molar-refractivity contribution < 1.29 is 14.3 Å². The van der Waals surface area contributed by atoms with E-state index in [-0.39, 0.29) is 11.8 Å². The summed E-state index contributed by atoms with van der Waals surface area (Å²) in [4.78, 5) is 23.5. The Morgan fingerprint density at radius 3 is 2.45 bits per heavy atom. The minimum absolute atomic E-state index is 0.0538. The summed E-state index contributed by atoms with van der Waals surface area (Å²) >= 11 is 0. The molecule has 7 nitrogen and oxygen atoms in total. The number of ketones is 1. The Morgan fingerprint density at radius 1 is 1.03 bits per heavy atom. The van der Waals surface area contributed by atoms with Gasteiger partial charge in [-0.2, -0.15) is 9.97 Å². The van der Waals surface area contributed by atoms with Gasteiger partial charge in [0, 0.05) is 49.6 Å². The maximum atomic E-state index is 12.7. The number of allylic oxidation sites excluding steroid dienone is 2. The molecule has 2 aromatic carbocycles. The molecule has 0 aliphatic carbocycles. The van der Waals surface area contributed by atoms with Crippen LogP contribution in [0.2, 0.25) is 0 Å². The van der Waals surface area contributed by atoms with Gasteiger partial charge in [0.1, 0.15) is 11.6 Å². The van der Waals surface area contributed by atoms with Crippen LogP contribution < -0.4 is 14.8 Å². The van der Waals surface area contributed by atoms with E-state index in [1.54, 1.807) is 19.3 Å². The Balaban J connectivity index is 1.77. The van der Waals surface area contributed by atoms with Crippen molar-refractivity contribution >= 4 is 11.6 Å². The Kier molecular flexibility index (Phi) is 8.02. The summed E-state index contributed by atoms with van der Waals surface area (Å²) < 4.78 is 10.5. The third-order valence-electron chi connectivity index (χ3n) is 5.26. The highest BCUT2D eigenvalue weighted by Crippen LogP contribution is 2.24. The fourth-order valence-corrected chi connectivity index (χ4v) is 3.12. The van der Waals surface area contributed by atoms with Crippen LogP contribution in [0.5, 0.6) is 11.8 Å². The largest absolute Gasteiger partial charge is 0.497 e. The number of nitrogens with zero attached hydrogens (tertiary/aromatic N) is 3. The van der Waals surface area contributed by atoms with Crippen LogP contribution in [-0.4, -0.2) is 55.5 Å². The van der Waals surface area contributed by atoms with E-state index in [4.69, 9.17) is 9.47 Å². The second-order valence-electron chi connectivity index (χ2n) is 7.78. The molecular formula is C26H30N4O3. The molecule has 0 radical (unpaired) electrons. The fourth-order valence-electron chi connectivity index (χ4n) is 3.12. The zero-order valence-electron chi connectivity index (χ0n) is 19.8. The first-order valence-corrected chi connectivity index (χ1v) is 10.7. The Bertz CT molecular complexity index is 1120. The van der Waals surface area contributed by atoms with Gasteiger partial charge in [-0.15, -0.1) is 0 Å². The summed E-state index contributed by atoms with van der Waals surface area (Å²) in [6.07, 6.45) is 2.46. The molecule has 0 amide bonds. The van der Waals surface area contributed by atoms with Crippen LogP contribution in [0.15, 0.2) is 66.4 Å². The second-order valence-corrected chi connectivity index (χ2v) is 7.78. The third-order valence-corrected chi connectivity index (χ3v) is 5.26. The van der Waals surface area contributed by atoms with E-state index in [1.165, 1.54) is 12.7 Å². The van der Waals surface area contributed by atoms with Crippen LogP contribution in [0.4, 0.5) is 5.82 Å². The van der Waals surface area contributed by atoms with Gasteiger partial charge in [-0.3, -0.25) is 4.79 Å². The van der Waals surface area contributed by atoms with Crippen molar-refractivity contribution in [1.82, 2.24) is 14.9 Å². The number of carbonyl (C=O) groups excluding carboxylic acids is 1. The normalized spacial score (nSPS) is 11.1. The fraction of sp³-hybridized carbons (Fsp3) is 0.269. The lowest BCUT2D eigenvalue weighted by atomic mass is 10.0. The highest BCUT2D eigenvalue weighted by molar-refractivity contribution is 6.05. The molecule has 3 aromatic rings. The minimum atomic E-state index is -0.0538. The average molecular weight is 447 g/mol. The van der Waals surface area contributed by atoms with Gasteiger partial charge in [-0.1, -0.05) is 30.3 Å². The quantitative estimate of drug-likeness (QED) is 0.364. The third kappa shape index (κ3) is 6.55. The van der Waals surface area contributed by atoms with Crippen LogP contribution in [0.3, 0.4) is 0 Å². The maximum absolute atomic E-state index is 12.7. The molecule has 3 rings (SSSR count). The molecule has 1 N–H and O–H groups in total. The van der Waals surface area contributed by atoms with Gasteiger partial charge >= 0.3 is 6.01 Å². The molecule has 0 bridgehead atoms. The highest BCUT2D eigenvalue weighted by Gasteiger charge is 2.10. The van der Waals surface area contributed by atoms with Crippen LogP contribution in [0.25, 0.3) is 11.3 Å². The van der Waals surface area contributed by atoms with Crippen molar-refractivity contribution in [3.63, 3.8) is 0 Å². The van der Waals surface area contributed by atoms with Gasteiger partial charge in [0.05, 0.1) is 19.9 Å². The minimum Gasteiger partial charge on any atom is -0.497 e. The van der Waals surface area contributed by atoms with Gasteiger partial charge in [0.15, 0.2) is 5.78 Å². The monoisotopic (exact) mass is 446 g/mol. The molecule has 0 saturated heterocycles. The van der Waals surface area contributed by atoms with E-state index < -0.39 is 0 Å². The standard InChI is InChI=1S/C26H30N4O3/c1-18(30(2)3)15-24(31)21-8-6-7-20(16-21)23-17-25(29-26(28-23)33-5)27-14-13-19-9-11-22(32-4)12-10-19/h6-12,15-17H,13-14H2,1-5H3,(H,27,28,29). The molecule has 172 valence electrons. The molecule has 0 atom stereocenters. The molecule has 33 heavy (non-hydrogen) atoms. The van der Waals surface area contributed by atoms with Crippen LogP contribution in [0, 0.1) is 0 Å². The second kappa shape index (κ2) is 11.1. The molecule has 0 unspecified atom stereocenters. The van der Waals surface area contributed by atoms with Crippen molar-refractivity contribution in [3.8, 4) is 23.0 Å². The lowest BCUT2D eigenvalue weighted by Gasteiger charge is -2.12. The number of ether oxygens (including phenoxy) is 2. The first-order valence-electron chi connectivity index (χ1n) is 10.7. The summed E-state index contributed by atoms with van der Waals surface area (Å²) in [5.74, 6) is 1.44. The molecular weight excluding hydrogens is 416 g/mol. The Labute approximate surface area is 195 Å². The van der Waals surface area contributed by atoms with Gasteiger partial charge in [0.25, 0.3) is 0 Å². The maximum Gasteiger partial charge on any atom is 0.318 e. The summed E-state index contributed by atoms with van der Waals surface area (Å²) in [6, 6.07) is 17.5. The summed E-state index contributed by atoms with van der Waals surface area (Å²) in [5, 5.41) is 3.34. The Hall–Kier alpha value is -3.87. The zero-order valence-corrected chi connectivity index (χ0v) is 19.8. The predicted molar refractivity (Wildman–Crippen MR) is 131 cm³/mol. The van der Waals surface area contributed by atoms with E-state index in [0.29, 0.717) is 23.6 Å².